The molecule has 0 radical (unpaired) electrons. The molecule has 132 valence electrons. The molecule has 0 fully saturated rings. The van der Waals surface area contributed by atoms with Gasteiger partial charge in [0.05, 0.1) is 19.9 Å². The lowest BCUT2D eigenvalue weighted by Crippen LogP contribution is -2.25. The second kappa shape index (κ2) is 6.84. The van der Waals surface area contributed by atoms with Crippen molar-refractivity contribution in [3.8, 4) is 5.75 Å². The summed E-state index contributed by atoms with van der Waals surface area (Å²) in [5.41, 5.74) is 3.06. The number of carbonyl (C=O) groups is 1. The average Bonchev–Trinajstić information content (AvgIpc) is 3.05. The summed E-state index contributed by atoms with van der Waals surface area (Å²) < 4.78 is 7.31. The Labute approximate surface area is 156 Å². The number of benzene rings is 2. The fourth-order valence-electron chi connectivity index (χ4n) is 3.38. The zero-order valence-electron chi connectivity index (χ0n) is 14.3. The lowest BCUT2D eigenvalue weighted by molar-refractivity contribution is -0.116. The first-order valence-electron chi connectivity index (χ1n) is 8.38. The minimum Gasteiger partial charge on any atom is -0.496 e. The number of nitrogens with one attached hydrogen (secondary N) is 1. The first-order chi connectivity index (χ1) is 12.7. The summed E-state index contributed by atoms with van der Waals surface area (Å²) in [6.07, 6.45) is 2.21. The maximum atomic E-state index is 12.3. The van der Waals surface area contributed by atoms with Crippen LogP contribution in [0.4, 0.5) is 5.82 Å². The molecule has 0 spiro atoms. The minimum atomic E-state index is -0.0751. The summed E-state index contributed by atoms with van der Waals surface area (Å²) in [7, 11) is 1.65. The summed E-state index contributed by atoms with van der Waals surface area (Å²) in [5, 5.41) is 8.18. The SMILES string of the molecule is COc1ccccc1[C@@H]1CC(=O)Nc2c1cnn2Cc1ccc(Cl)cc1. The number of carbonyl (C=O) groups excluding carboxylic acids is 1. The van der Waals surface area contributed by atoms with Crippen LogP contribution in [0.5, 0.6) is 5.75 Å². The zero-order valence-corrected chi connectivity index (χ0v) is 15.0. The van der Waals surface area contributed by atoms with Crippen LogP contribution in [-0.4, -0.2) is 22.8 Å². The lowest BCUT2D eigenvalue weighted by Gasteiger charge is -2.25. The Bertz CT molecular complexity index is 950. The van der Waals surface area contributed by atoms with Crippen LogP contribution >= 0.6 is 11.6 Å². The highest BCUT2D eigenvalue weighted by molar-refractivity contribution is 6.30. The smallest absolute Gasteiger partial charge is 0.226 e. The number of rotatable bonds is 4. The van der Waals surface area contributed by atoms with Gasteiger partial charge < -0.3 is 10.1 Å². The van der Waals surface area contributed by atoms with Crippen LogP contribution in [0, 0.1) is 0 Å². The van der Waals surface area contributed by atoms with Crippen LogP contribution in [0.3, 0.4) is 0 Å². The monoisotopic (exact) mass is 367 g/mol. The number of hydrogen-bond acceptors (Lipinski definition) is 3. The van der Waals surface area contributed by atoms with Crippen molar-refractivity contribution in [3.63, 3.8) is 0 Å². The maximum absolute atomic E-state index is 12.3. The third kappa shape index (κ3) is 3.06. The van der Waals surface area contributed by atoms with Crippen molar-refractivity contribution in [3.05, 3.63) is 76.4 Å². The molecule has 1 amide bonds. The number of ether oxygens (including phenoxy) is 1. The second-order valence-corrected chi connectivity index (χ2v) is 6.72. The molecule has 0 unspecified atom stereocenters. The first-order valence-corrected chi connectivity index (χ1v) is 8.76. The Morgan fingerprint density at radius 2 is 1.96 bits per heavy atom. The van der Waals surface area contributed by atoms with Crippen molar-refractivity contribution < 1.29 is 9.53 Å². The highest BCUT2D eigenvalue weighted by atomic mass is 35.5. The summed E-state index contributed by atoms with van der Waals surface area (Å²) in [6, 6.07) is 15.4. The molecular weight excluding hydrogens is 350 g/mol. The summed E-state index contributed by atoms with van der Waals surface area (Å²) in [5.74, 6) is 1.43. The van der Waals surface area contributed by atoms with Crippen LogP contribution in [0.1, 0.15) is 29.0 Å². The summed E-state index contributed by atoms with van der Waals surface area (Å²) in [6.45, 7) is 0.561. The Kier molecular flexibility index (Phi) is 4.39. The van der Waals surface area contributed by atoms with Crippen molar-refractivity contribution in [2.24, 2.45) is 0 Å². The fraction of sp³-hybridized carbons (Fsp3) is 0.200. The van der Waals surface area contributed by atoms with Gasteiger partial charge in [-0.25, -0.2) is 4.68 Å². The van der Waals surface area contributed by atoms with Gasteiger partial charge in [0.15, 0.2) is 0 Å². The topological polar surface area (TPSA) is 56.1 Å². The maximum Gasteiger partial charge on any atom is 0.226 e. The lowest BCUT2D eigenvalue weighted by atomic mass is 9.87. The Hall–Kier alpha value is -2.79. The number of nitrogens with zero attached hydrogens (tertiary/aromatic N) is 2. The Morgan fingerprint density at radius 1 is 1.19 bits per heavy atom. The molecule has 1 N–H and O–H groups in total. The number of halogens is 1. The van der Waals surface area contributed by atoms with Crippen LogP contribution in [0.25, 0.3) is 0 Å². The van der Waals surface area contributed by atoms with Crippen LogP contribution in [0.15, 0.2) is 54.7 Å². The number of para-hydroxylation sites is 1. The van der Waals surface area contributed by atoms with Crippen LogP contribution in [0.2, 0.25) is 5.02 Å². The molecule has 0 saturated carbocycles. The number of hydrogen-bond donors (Lipinski definition) is 1. The minimum absolute atomic E-state index is 0.0220. The van der Waals surface area contributed by atoms with Crippen molar-refractivity contribution in [2.45, 2.75) is 18.9 Å². The molecule has 3 aromatic rings. The van der Waals surface area contributed by atoms with Crippen molar-refractivity contribution in [1.29, 1.82) is 0 Å². The number of aromatic nitrogens is 2. The summed E-state index contributed by atoms with van der Waals surface area (Å²) in [4.78, 5) is 12.3. The van der Waals surface area contributed by atoms with E-state index in [-0.39, 0.29) is 11.8 Å². The molecule has 1 aliphatic heterocycles. The molecule has 1 atom stereocenters. The Balaban J connectivity index is 1.72. The number of methoxy groups -OCH3 is 1. The van der Waals surface area contributed by atoms with Crippen molar-refractivity contribution >= 4 is 23.3 Å². The largest absolute Gasteiger partial charge is 0.496 e. The molecule has 26 heavy (non-hydrogen) atoms. The van der Waals surface area contributed by atoms with Gasteiger partial charge in [0.2, 0.25) is 5.91 Å². The zero-order chi connectivity index (χ0) is 18.1. The normalized spacial score (nSPS) is 16.1. The molecule has 0 aliphatic carbocycles. The second-order valence-electron chi connectivity index (χ2n) is 6.28. The van der Waals surface area contributed by atoms with E-state index >= 15 is 0 Å². The van der Waals surface area contributed by atoms with Gasteiger partial charge in [-0.3, -0.25) is 4.79 Å². The van der Waals surface area contributed by atoms with Gasteiger partial charge in [0.25, 0.3) is 0 Å². The van der Waals surface area contributed by atoms with Crippen LogP contribution < -0.4 is 10.1 Å². The predicted octanol–water partition coefficient (Wildman–Crippen LogP) is 4.07. The predicted molar refractivity (Wildman–Crippen MR) is 101 cm³/mol. The number of fused-ring (bicyclic) bond motifs is 1. The van der Waals surface area contributed by atoms with Crippen molar-refractivity contribution in [2.75, 3.05) is 12.4 Å². The molecule has 0 bridgehead atoms. The van der Waals surface area contributed by atoms with Gasteiger partial charge >= 0.3 is 0 Å². The Morgan fingerprint density at radius 3 is 2.73 bits per heavy atom. The molecular formula is C20H18ClN3O2. The molecule has 6 heteroatoms. The average molecular weight is 368 g/mol. The van der Waals surface area contributed by atoms with E-state index in [4.69, 9.17) is 16.3 Å². The van der Waals surface area contributed by atoms with E-state index in [9.17, 15) is 4.79 Å². The highest BCUT2D eigenvalue weighted by Gasteiger charge is 2.31. The van der Waals surface area contributed by atoms with Gasteiger partial charge in [-0.05, 0) is 23.8 Å². The van der Waals surface area contributed by atoms with Gasteiger partial charge in [0.1, 0.15) is 11.6 Å². The van der Waals surface area contributed by atoms with Gasteiger partial charge in [-0.15, -0.1) is 0 Å². The first kappa shape index (κ1) is 16.7. The molecule has 2 aromatic carbocycles. The molecule has 5 nitrogen and oxygen atoms in total. The molecule has 0 saturated heterocycles. The van der Waals surface area contributed by atoms with E-state index in [0.29, 0.717) is 18.0 Å². The van der Waals surface area contributed by atoms with Gasteiger partial charge in [-0.1, -0.05) is 41.9 Å². The molecule has 4 rings (SSSR count). The number of amides is 1. The van der Waals surface area contributed by atoms with Gasteiger partial charge in [-0.2, -0.15) is 5.10 Å². The molecule has 2 heterocycles. The molecule has 1 aliphatic rings. The van der Waals surface area contributed by atoms with E-state index < -0.39 is 0 Å². The molecule has 1 aromatic heterocycles. The number of anilines is 1. The standard InChI is InChI=1S/C20H18ClN3O2/c1-26-18-5-3-2-4-15(18)16-10-19(25)23-20-17(16)11-22-24(20)12-13-6-8-14(21)9-7-13/h2-9,11,16H,10,12H2,1H3,(H,23,25)/t16-/m0/s1. The summed E-state index contributed by atoms with van der Waals surface area (Å²) >= 11 is 5.95. The third-order valence-corrected chi connectivity index (χ3v) is 4.90. The highest BCUT2D eigenvalue weighted by Crippen LogP contribution is 2.40. The third-order valence-electron chi connectivity index (χ3n) is 4.65. The quantitative estimate of drug-likeness (QED) is 0.756. The fourth-order valence-corrected chi connectivity index (χ4v) is 3.51. The van der Waals surface area contributed by atoms with E-state index in [1.807, 2.05) is 59.4 Å². The van der Waals surface area contributed by atoms with E-state index in [1.165, 1.54) is 0 Å². The van der Waals surface area contributed by atoms with Crippen molar-refractivity contribution in [1.82, 2.24) is 9.78 Å². The van der Waals surface area contributed by atoms with E-state index in [0.717, 1.165) is 28.3 Å². The van der Waals surface area contributed by atoms with Gasteiger partial charge in [0, 0.05) is 28.5 Å². The van der Waals surface area contributed by atoms with E-state index in [2.05, 4.69) is 10.4 Å². The van der Waals surface area contributed by atoms with Crippen LogP contribution in [-0.2, 0) is 11.3 Å². The van der Waals surface area contributed by atoms with E-state index in [1.54, 1.807) is 7.11 Å².